The zero-order chi connectivity index (χ0) is 13.0. The third kappa shape index (κ3) is 4.13. The number of halogens is 1. The van der Waals surface area contributed by atoms with Crippen LogP contribution >= 0.6 is 11.8 Å². The molecule has 0 radical (unpaired) electrons. The Morgan fingerprint density at radius 2 is 2.06 bits per heavy atom. The molecule has 0 saturated heterocycles. The molecule has 0 aliphatic carbocycles. The number of hydrogen-bond donors (Lipinski definition) is 0. The van der Waals surface area contributed by atoms with Crippen molar-refractivity contribution >= 4 is 17.5 Å². The van der Waals surface area contributed by atoms with Gasteiger partial charge in [0, 0.05) is 22.8 Å². The second-order valence-corrected chi connectivity index (χ2v) is 5.44. The molecule has 0 N–H and O–H groups in total. The molecule has 0 fully saturated rings. The van der Waals surface area contributed by atoms with Crippen LogP contribution in [0, 0.1) is 12.7 Å². The molecule has 4 heteroatoms. The van der Waals surface area contributed by atoms with E-state index in [9.17, 15) is 9.18 Å². The van der Waals surface area contributed by atoms with Gasteiger partial charge in [-0.3, -0.25) is 4.79 Å². The molecule has 0 saturated carbocycles. The molecular formula is C13H18FNOS. The van der Waals surface area contributed by atoms with E-state index in [2.05, 4.69) is 4.90 Å². The number of hydrogen-bond acceptors (Lipinski definition) is 3. The fraction of sp³-hybridized carbons (Fsp3) is 0.462. The monoisotopic (exact) mass is 255 g/mol. The summed E-state index contributed by atoms with van der Waals surface area (Å²) in [5.41, 5.74) is 1.07. The first kappa shape index (κ1) is 14.2. The topological polar surface area (TPSA) is 20.3 Å². The molecule has 0 aliphatic heterocycles. The minimum atomic E-state index is -0.313. The molecule has 0 aromatic heterocycles. The molecule has 0 unspecified atom stereocenters. The predicted molar refractivity (Wildman–Crippen MR) is 70.4 cm³/mol. The lowest BCUT2D eigenvalue weighted by Gasteiger charge is -2.11. The van der Waals surface area contributed by atoms with Crippen molar-refractivity contribution in [3.05, 3.63) is 29.1 Å². The first-order chi connectivity index (χ1) is 7.91. The van der Waals surface area contributed by atoms with Crippen LogP contribution in [0.5, 0.6) is 0 Å². The maximum atomic E-state index is 13.4. The number of benzene rings is 1. The molecule has 94 valence electrons. The van der Waals surface area contributed by atoms with Crippen LogP contribution in [0.25, 0.3) is 0 Å². The molecular weight excluding hydrogens is 237 g/mol. The van der Waals surface area contributed by atoms with Crippen molar-refractivity contribution in [3.63, 3.8) is 0 Å². The van der Waals surface area contributed by atoms with E-state index in [-0.39, 0.29) is 11.6 Å². The molecule has 1 aromatic carbocycles. The summed E-state index contributed by atoms with van der Waals surface area (Å²) in [6.07, 6.45) is 0. The average molecular weight is 255 g/mol. The van der Waals surface area contributed by atoms with E-state index in [1.54, 1.807) is 24.8 Å². The van der Waals surface area contributed by atoms with Gasteiger partial charge in [-0.2, -0.15) is 0 Å². The van der Waals surface area contributed by atoms with Crippen molar-refractivity contribution in [2.75, 3.05) is 26.4 Å². The number of thioether (sulfide) groups is 1. The molecule has 0 aliphatic rings. The van der Waals surface area contributed by atoms with Crippen LogP contribution in [-0.4, -0.2) is 37.1 Å². The summed E-state index contributed by atoms with van der Waals surface area (Å²) < 4.78 is 13.4. The van der Waals surface area contributed by atoms with Crippen LogP contribution in [-0.2, 0) is 0 Å². The summed E-state index contributed by atoms with van der Waals surface area (Å²) in [6.45, 7) is 4.12. The Kier molecular flexibility index (Phi) is 5.15. The molecule has 2 nitrogen and oxygen atoms in total. The SMILES string of the molecule is CC(=O)c1cc(F)c(C)cc1SCCN(C)C. The molecule has 0 atom stereocenters. The smallest absolute Gasteiger partial charge is 0.161 e. The Morgan fingerprint density at radius 3 is 2.59 bits per heavy atom. The van der Waals surface area contributed by atoms with Crippen LogP contribution in [0.3, 0.4) is 0 Å². The third-order valence-corrected chi connectivity index (χ3v) is 3.47. The summed E-state index contributed by atoms with van der Waals surface area (Å²) in [4.78, 5) is 14.4. The molecule has 0 bridgehead atoms. The number of carbonyl (C=O) groups is 1. The lowest BCUT2D eigenvalue weighted by Crippen LogP contribution is -2.15. The van der Waals surface area contributed by atoms with Gasteiger partial charge >= 0.3 is 0 Å². The summed E-state index contributed by atoms with van der Waals surface area (Å²) in [6, 6.07) is 3.10. The molecule has 17 heavy (non-hydrogen) atoms. The van der Waals surface area contributed by atoms with Crippen LogP contribution in [0.15, 0.2) is 17.0 Å². The number of aryl methyl sites for hydroxylation is 1. The highest BCUT2D eigenvalue weighted by molar-refractivity contribution is 7.99. The maximum Gasteiger partial charge on any atom is 0.161 e. The first-order valence-corrected chi connectivity index (χ1v) is 6.49. The summed E-state index contributed by atoms with van der Waals surface area (Å²) >= 11 is 1.60. The first-order valence-electron chi connectivity index (χ1n) is 5.50. The minimum absolute atomic E-state index is 0.0868. The van der Waals surface area contributed by atoms with E-state index < -0.39 is 0 Å². The van der Waals surface area contributed by atoms with Crippen LogP contribution < -0.4 is 0 Å². The van der Waals surface area contributed by atoms with Gasteiger partial charge in [0.1, 0.15) is 5.82 Å². The molecule has 0 spiro atoms. The fourth-order valence-corrected chi connectivity index (χ4v) is 2.68. The second-order valence-electron chi connectivity index (χ2n) is 4.31. The number of ketones is 1. The van der Waals surface area contributed by atoms with Gasteiger partial charge in [-0.15, -0.1) is 11.8 Å². The zero-order valence-corrected chi connectivity index (χ0v) is 11.5. The van der Waals surface area contributed by atoms with Gasteiger partial charge in [0.15, 0.2) is 5.78 Å². The van der Waals surface area contributed by atoms with Crippen molar-refractivity contribution in [2.45, 2.75) is 18.7 Å². The van der Waals surface area contributed by atoms with Crippen molar-refractivity contribution in [1.82, 2.24) is 4.90 Å². The Bertz CT molecular complexity index is 418. The standard InChI is InChI=1S/C13H18FNOS/c1-9-7-13(17-6-5-15(3)4)11(10(2)16)8-12(9)14/h7-8H,5-6H2,1-4H3. The Balaban J connectivity index is 2.89. The van der Waals surface area contributed by atoms with Crippen molar-refractivity contribution in [2.24, 2.45) is 0 Å². The van der Waals surface area contributed by atoms with Crippen molar-refractivity contribution in [1.29, 1.82) is 0 Å². The van der Waals surface area contributed by atoms with Crippen LogP contribution in [0.4, 0.5) is 4.39 Å². The van der Waals surface area contributed by atoms with E-state index in [1.165, 1.54) is 13.0 Å². The normalized spacial score (nSPS) is 10.9. The predicted octanol–water partition coefficient (Wildman–Crippen LogP) is 2.99. The van der Waals surface area contributed by atoms with Gasteiger partial charge in [0.2, 0.25) is 0 Å². The van der Waals surface area contributed by atoms with Gasteiger partial charge < -0.3 is 4.90 Å². The van der Waals surface area contributed by atoms with Crippen LogP contribution in [0.1, 0.15) is 22.8 Å². The summed E-state index contributed by atoms with van der Waals surface area (Å²) in [5.74, 6) is 0.488. The van der Waals surface area contributed by atoms with Gasteiger partial charge in [-0.05, 0) is 45.6 Å². The fourth-order valence-electron chi connectivity index (χ4n) is 1.39. The molecule has 0 amide bonds. The van der Waals surface area contributed by atoms with E-state index in [1.807, 2.05) is 14.1 Å². The molecule has 0 heterocycles. The van der Waals surface area contributed by atoms with Gasteiger partial charge in [0.05, 0.1) is 0 Å². The molecule has 1 rings (SSSR count). The van der Waals surface area contributed by atoms with Crippen molar-refractivity contribution in [3.8, 4) is 0 Å². The zero-order valence-electron chi connectivity index (χ0n) is 10.7. The van der Waals surface area contributed by atoms with Gasteiger partial charge in [0.25, 0.3) is 0 Å². The number of carbonyl (C=O) groups excluding carboxylic acids is 1. The van der Waals surface area contributed by atoms with Crippen molar-refractivity contribution < 1.29 is 9.18 Å². The highest BCUT2D eigenvalue weighted by Crippen LogP contribution is 2.26. The van der Waals surface area contributed by atoms with Crippen LogP contribution in [0.2, 0.25) is 0 Å². The third-order valence-electron chi connectivity index (χ3n) is 2.44. The van der Waals surface area contributed by atoms with E-state index >= 15 is 0 Å². The summed E-state index contributed by atoms with van der Waals surface area (Å²) in [7, 11) is 4.00. The van der Waals surface area contributed by atoms with Gasteiger partial charge in [-0.1, -0.05) is 0 Å². The lowest BCUT2D eigenvalue weighted by molar-refractivity contribution is 0.101. The Hall–Kier alpha value is -0.870. The maximum absolute atomic E-state index is 13.4. The largest absolute Gasteiger partial charge is 0.309 e. The highest BCUT2D eigenvalue weighted by Gasteiger charge is 2.11. The Labute approximate surface area is 106 Å². The number of rotatable bonds is 5. The summed E-state index contributed by atoms with van der Waals surface area (Å²) in [5, 5.41) is 0. The lowest BCUT2D eigenvalue weighted by atomic mass is 10.1. The van der Waals surface area contributed by atoms with E-state index in [4.69, 9.17) is 0 Å². The Morgan fingerprint density at radius 1 is 1.41 bits per heavy atom. The minimum Gasteiger partial charge on any atom is -0.309 e. The second kappa shape index (κ2) is 6.17. The molecule has 1 aromatic rings. The van der Waals surface area contributed by atoms with E-state index in [0.29, 0.717) is 11.1 Å². The quantitative estimate of drug-likeness (QED) is 0.596. The van der Waals surface area contributed by atoms with Gasteiger partial charge in [-0.25, -0.2) is 4.39 Å². The average Bonchev–Trinajstić information content (AvgIpc) is 2.22. The highest BCUT2D eigenvalue weighted by atomic mass is 32.2. The van der Waals surface area contributed by atoms with E-state index in [0.717, 1.165) is 17.2 Å². The number of Topliss-reactive ketones (excluding diaryl/α,β-unsaturated/α-hetero) is 1. The number of nitrogens with zero attached hydrogens (tertiary/aromatic N) is 1.